The van der Waals surface area contributed by atoms with Crippen LogP contribution < -0.4 is 10.6 Å². The van der Waals surface area contributed by atoms with Gasteiger partial charge >= 0.3 is 0 Å². The van der Waals surface area contributed by atoms with Crippen molar-refractivity contribution in [2.75, 3.05) is 0 Å². The molecule has 0 fully saturated rings. The Kier molecular flexibility index (Phi) is 6.33. The smallest absolute Gasteiger partial charge is 0.143 e. The van der Waals surface area contributed by atoms with Gasteiger partial charge in [0.1, 0.15) is 17.3 Å². The monoisotopic (exact) mass is 634 g/mol. The van der Waals surface area contributed by atoms with Gasteiger partial charge in [0.25, 0.3) is 0 Å². The summed E-state index contributed by atoms with van der Waals surface area (Å²) in [5.41, 5.74) is 11.3. The molecular weight excluding hydrogens is 605 g/mol. The van der Waals surface area contributed by atoms with Crippen molar-refractivity contribution in [1.82, 2.24) is 10.6 Å². The number of furan rings is 1. The van der Waals surface area contributed by atoms with Crippen molar-refractivity contribution in [2.45, 2.75) is 17.1 Å². The molecular formula is C44H30N2OS. The SMILES string of the molecule is c1ccc(-c2cccc(C3=C4Sc5ccccc5C4NC(c4ccc(-c5ccc6ccccc6c5)c5oc6ccccc6c45)N3)c2)cc1. The molecule has 10 rings (SSSR count). The van der Waals surface area contributed by atoms with Gasteiger partial charge in [-0.05, 0) is 62.9 Å². The molecule has 2 unspecified atom stereocenters. The molecule has 0 saturated carbocycles. The molecule has 0 radical (unpaired) electrons. The second-order valence-corrected chi connectivity index (χ2v) is 13.7. The largest absolute Gasteiger partial charge is 0.455 e. The maximum Gasteiger partial charge on any atom is 0.143 e. The number of hydrogen-bond donors (Lipinski definition) is 2. The Morgan fingerprint density at radius 2 is 1.31 bits per heavy atom. The maximum atomic E-state index is 6.73. The minimum atomic E-state index is -0.157. The number of para-hydroxylation sites is 1. The fraction of sp³-hybridized carbons (Fsp3) is 0.0455. The molecule has 2 aliphatic rings. The van der Waals surface area contributed by atoms with Crippen molar-refractivity contribution in [3.05, 3.63) is 179 Å². The second kappa shape index (κ2) is 11.0. The van der Waals surface area contributed by atoms with Crippen molar-refractivity contribution in [2.24, 2.45) is 0 Å². The topological polar surface area (TPSA) is 37.2 Å². The predicted molar refractivity (Wildman–Crippen MR) is 200 cm³/mol. The lowest BCUT2D eigenvalue weighted by atomic mass is 9.93. The van der Waals surface area contributed by atoms with Gasteiger partial charge in [-0.25, -0.2) is 0 Å². The fourth-order valence-electron chi connectivity index (χ4n) is 7.47. The van der Waals surface area contributed by atoms with E-state index in [1.54, 1.807) is 0 Å². The number of benzene rings is 7. The summed E-state index contributed by atoms with van der Waals surface area (Å²) in [7, 11) is 0. The summed E-state index contributed by atoms with van der Waals surface area (Å²) < 4.78 is 6.73. The van der Waals surface area contributed by atoms with E-state index in [0.29, 0.717) is 0 Å². The zero-order valence-electron chi connectivity index (χ0n) is 26.0. The van der Waals surface area contributed by atoms with E-state index < -0.39 is 0 Å². The molecule has 2 N–H and O–H groups in total. The van der Waals surface area contributed by atoms with Gasteiger partial charge in [0.05, 0.1) is 11.7 Å². The van der Waals surface area contributed by atoms with Crippen molar-refractivity contribution in [1.29, 1.82) is 0 Å². The van der Waals surface area contributed by atoms with Crippen LogP contribution in [-0.4, -0.2) is 0 Å². The Morgan fingerprint density at radius 3 is 2.25 bits per heavy atom. The van der Waals surface area contributed by atoms with E-state index in [1.165, 1.54) is 54.1 Å². The summed E-state index contributed by atoms with van der Waals surface area (Å²) >= 11 is 1.87. The molecule has 7 aromatic carbocycles. The zero-order chi connectivity index (χ0) is 31.6. The van der Waals surface area contributed by atoms with Gasteiger partial charge in [-0.3, -0.25) is 5.32 Å². The van der Waals surface area contributed by atoms with Gasteiger partial charge < -0.3 is 9.73 Å². The maximum absolute atomic E-state index is 6.73. The third-order valence-corrected chi connectivity index (χ3v) is 11.0. The van der Waals surface area contributed by atoms with E-state index in [-0.39, 0.29) is 12.2 Å². The Morgan fingerprint density at radius 1 is 0.542 bits per heavy atom. The van der Waals surface area contributed by atoms with Crippen LogP contribution in [-0.2, 0) is 0 Å². The summed E-state index contributed by atoms with van der Waals surface area (Å²) in [4.78, 5) is 2.61. The van der Waals surface area contributed by atoms with Gasteiger partial charge in [-0.2, -0.15) is 0 Å². The predicted octanol–water partition coefficient (Wildman–Crippen LogP) is 11.5. The highest BCUT2D eigenvalue weighted by molar-refractivity contribution is 8.03. The standard InChI is InChI=1S/C44H30N2OS/c1-2-11-27(12-3-1)30-15-10-16-32(26-30)40-43-41(35-18-7-9-20-38(35)48-43)46-44(45-40)36-24-23-33(31-22-21-28-13-4-5-14-29(28)25-31)42-39(36)34-17-6-8-19-37(34)47-42/h1-26,41,44-46H. The van der Waals surface area contributed by atoms with Crippen molar-refractivity contribution in [3.8, 4) is 22.3 Å². The highest BCUT2D eigenvalue weighted by Gasteiger charge is 2.38. The van der Waals surface area contributed by atoms with E-state index in [2.05, 4.69) is 168 Å². The first kappa shape index (κ1) is 27.6. The van der Waals surface area contributed by atoms with Crippen molar-refractivity contribution >= 4 is 50.2 Å². The number of fused-ring (bicyclic) bond motifs is 7. The minimum Gasteiger partial charge on any atom is -0.455 e. The highest BCUT2D eigenvalue weighted by Crippen LogP contribution is 2.53. The molecule has 0 saturated heterocycles. The number of nitrogens with one attached hydrogen (secondary N) is 2. The van der Waals surface area contributed by atoms with Crippen LogP contribution in [0.5, 0.6) is 0 Å². The zero-order valence-corrected chi connectivity index (χ0v) is 26.8. The lowest BCUT2D eigenvalue weighted by Gasteiger charge is -2.34. The van der Waals surface area contributed by atoms with Crippen LogP contribution in [0.2, 0.25) is 0 Å². The minimum absolute atomic E-state index is 0.0706. The van der Waals surface area contributed by atoms with Gasteiger partial charge in [0.15, 0.2) is 0 Å². The quantitative estimate of drug-likeness (QED) is 0.202. The molecule has 1 aromatic heterocycles. The van der Waals surface area contributed by atoms with Crippen molar-refractivity contribution < 1.29 is 4.42 Å². The fourth-order valence-corrected chi connectivity index (χ4v) is 8.75. The third kappa shape index (κ3) is 4.41. The van der Waals surface area contributed by atoms with E-state index >= 15 is 0 Å². The number of hydrogen-bond acceptors (Lipinski definition) is 4. The second-order valence-electron chi connectivity index (χ2n) is 12.6. The highest BCUT2D eigenvalue weighted by atomic mass is 32.2. The molecule has 48 heavy (non-hydrogen) atoms. The van der Waals surface area contributed by atoms with Crippen LogP contribution in [0.25, 0.3) is 60.7 Å². The Hall–Kier alpha value is -5.55. The summed E-state index contributed by atoms with van der Waals surface area (Å²) in [5, 5.41) is 12.8. The van der Waals surface area contributed by atoms with Gasteiger partial charge in [-0.15, -0.1) is 0 Å². The first-order valence-corrected chi connectivity index (χ1v) is 17.2. The summed E-state index contributed by atoms with van der Waals surface area (Å²) in [6.45, 7) is 0. The summed E-state index contributed by atoms with van der Waals surface area (Å²) in [6, 6.07) is 56.6. The molecule has 8 aromatic rings. The molecule has 228 valence electrons. The average Bonchev–Trinajstić information content (AvgIpc) is 3.73. The first-order chi connectivity index (χ1) is 23.8. The molecule has 0 amide bonds. The van der Waals surface area contributed by atoms with E-state index in [4.69, 9.17) is 4.42 Å². The third-order valence-electron chi connectivity index (χ3n) is 9.77. The Bertz CT molecular complexity index is 2570. The average molecular weight is 635 g/mol. The number of thioether (sulfide) groups is 1. The molecule has 3 heterocycles. The van der Waals surface area contributed by atoms with Gasteiger partial charge in [0, 0.05) is 31.7 Å². The first-order valence-electron chi connectivity index (χ1n) is 16.4. The van der Waals surface area contributed by atoms with Crippen LogP contribution in [0.3, 0.4) is 0 Å². The molecule has 2 atom stereocenters. The molecule has 3 nitrogen and oxygen atoms in total. The van der Waals surface area contributed by atoms with Crippen LogP contribution >= 0.6 is 11.8 Å². The number of rotatable bonds is 4. The molecule has 4 heteroatoms. The molecule has 2 aliphatic heterocycles. The molecule has 0 aliphatic carbocycles. The summed E-state index contributed by atoms with van der Waals surface area (Å²) in [5.74, 6) is 0. The van der Waals surface area contributed by atoms with Gasteiger partial charge in [0.2, 0.25) is 0 Å². The lowest BCUT2D eigenvalue weighted by molar-refractivity contribution is 0.441. The normalized spacial score (nSPS) is 17.1. The van der Waals surface area contributed by atoms with Gasteiger partial charge in [-0.1, -0.05) is 145 Å². The van der Waals surface area contributed by atoms with Crippen LogP contribution in [0.1, 0.15) is 28.9 Å². The van der Waals surface area contributed by atoms with E-state index in [9.17, 15) is 0 Å². The Labute approximate surface area is 282 Å². The van der Waals surface area contributed by atoms with Crippen LogP contribution in [0.15, 0.2) is 172 Å². The summed E-state index contributed by atoms with van der Waals surface area (Å²) in [6.07, 6.45) is -0.157. The van der Waals surface area contributed by atoms with Crippen LogP contribution in [0.4, 0.5) is 0 Å². The van der Waals surface area contributed by atoms with E-state index in [0.717, 1.165) is 33.1 Å². The Balaban J connectivity index is 1.15. The lowest BCUT2D eigenvalue weighted by Crippen LogP contribution is -2.40. The van der Waals surface area contributed by atoms with Crippen LogP contribution in [0, 0.1) is 0 Å². The van der Waals surface area contributed by atoms with E-state index in [1.807, 2.05) is 11.8 Å². The molecule has 0 bridgehead atoms. The van der Waals surface area contributed by atoms with Crippen molar-refractivity contribution in [3.63, 3.8) is 0 Å². The molecule has 0 spiro atoms.